The van der Waals surface area contributed by atoms with E-state index in [4.69, 9.17) is 39.6 Å². The van der Waals surface area contributed by atoms with E-state index in [0.717, 1.165) is 53.1 Å². The Balaban J connectivity index is 0.000000670. The van der Waals surface area contributed by atoms with Crippen LogP contribution in [0.25, 0.3) is 56.4 Å². The molecule has 0 saturated carbocycles. The molecule has 12 N–H and O–H groups in total. The molecule has 0 radical (unpaired) electrons. The third-order valence-electron chi connectivity index (χ3n) is 11.7. The van der Waals surface area contributed by atoms with Crippen LogP contribution in [0.2, 0.25) is 0 Å². The molecule has 28 nitrogen and oxygen atoms in total. The van der Waals surface area contributed by atoms with Gasteiger partial charge in [0.1, 0.15) is 0 Å². The molecule has 6 heterocycles. The minimum Gasteiger partial charge on any atom is -0.400 e. The minimum atomic E-state index is -1.05. The predicted molar refractivity (Wildman–Crippen MR) is 335 cm³/mol. The lowest BCUT2D eigenvalue weighted by atomic mass is 10.0. The Labute approximate surface area is 510 Å². The Morgan fingerprint density at radius 2 is 1.07 bits per heavy atom. The maximum atomic E-state index is 13.5. The number of rotatable bonds is 28. The second kappa shape index (κ2) is 36.9. The van der Waals surface area contributed by atoms with E-state index in [1.807, 2.05) is 88.4 Å². The predicted octanol–water partition coefficient (Wildman–Crippen LogP) is 4.24. The highest BCUT2D eigenvalue weighted by Crippen LogP contribution is 2.42. The number of benzene rings is 2. The zero-order chi connectivity index (χ0) is 62.7. The van der Waals surface area contributed by atoms with Gasteiger partial charge in [0.2, 0.25) is 38.5 Å². The molecule has 2 aromatic carbocycles. The van der Waals surface area contributed by atoms with Crippen LogP contribution in [0.15, 0.2) is 93.0 Å². The van der Waals surface area contributed by atoms with E-state index in [2.05, 4.69) is 74.1 Å². The van der Waals surface area contributed by atoms with E-state index in [1.54, 1.807) is 21.5 Å². The van der Waals surface area contributed by atoms with Crippen LogP contribution < -0.4 is 21.8 Å². The fourth-order valence-electron chi connectivity index (χ4n) is 7.71. The van der Waals surface area contributed by atoms with Crippen LogP contribution in [0.5, 0.6) is 0 Å². The molecule has 0 aliphatic carbocycles. The Hall–Kier alpha value is -5.06. The smallest absolute Gasteiger partial charge is 0.287 e. The Kier molecular flexibility index (Phi) is 31.5. The Morgan fingerprint density at radius 1 is 0.647 bits per heavy atom. The number of hydrogen-bond donors (Lipinski definition) is 12. The van der Waals surface area contributed by atoms with E-state index >= 15 is 0 Å². The number of aromatic nitrogens is 10. The topological polar surface area (TPSA) is 385 Å². The van der Waals surface area contributed by atoms with Crippen molar-refractivity contribution in [3.8, 4) is 22.5 Å². The molecule has 8 rings (SSSR count). The van der Waals surface area contributed by atoms with Gasteiger partial charge in [-0.15, -0.1) is 5.26 Å². The number of carbonyl (C=O) groups excluding carboxylic acids is 2. The third kappa shape index (κ3) is 21.6. The molecule has 8 aromatic rings. The number of H-pyrrole nitrogens is 2. The summed E-state index contributed by atoms with van der Waals surface area (Å²) in [5.74, 6) is 0.255. The maximum Gasteiger partial charge on any atom is 0.287 e. The lowest BCUT2D eigenvalue weighted by Crippen LogP contribution is -2.45. The highest BCUT2D eigenvalue weighted by molar-refractivity contribution is 8.42. The summed E-state index contributed by atoms with van der Waals surface area (Å²) in [5.41, 5.74) is 2.23. The first-order valence-electron chi connectivity index (χ1n) is 25.9. The van der Waals surface area contributed by atoms with Crippen LogP contribution >= 0.6 is 63.2 Å². The van der Waals surface area contributed by atoms with Crippen molar-refractivity contribution in [1.82, 2.24) is 58.5 Å². The summed E-state index contributed by atoms with van der Waals surface area (Å²) in [5, 5.41) is 60.9. The van der Waals surface area contributed by atoms with Crippen molar-refractivity contribution in [1.29, 1.82) is 0 Å². The SMILES string of the molecule is CC(C)(CCOC(C)(C)CCNC(=O)CSc1nc2c(=O)n3cc(-c4ccccc4)[nH]c3nc2n1CCO)NC(=O)CSc1nc2c(=O)n3cc(-c4ccccc4)[nH]c3nc2n1CCO.CO.COP(S)OCCO.COP(S)OCCO.O[OH2+]. The van der Waals surface area contributed by atoms with Crippen molar-refractivity contribution in [2.24, 2.45) is 0 Å². The molecule has 2 amide bonds. The van der Waals surface area contributed by atoms with Crippen LogP contribution in [-0.2, 0) is 45.5 Å². The Bertz CT molecular complexity index is 3410. The summed E-state index contributed by atoms with van der Waals surface area (Å²) in [6.45, 7) is 8.87. The van der Waals surface area contributed by atoms with Crippen molar-refractivity contribution in [2.75, 3.05) is 85.6 Å². The fraction of sp³-hybridized carbons (Fsp3) is 0.451. The number of ether oxygens (including phenoxy) is 1. The van der Waals surface area contributed by atoms with E-state index in [0.29, 0.717) is 72.4 Å². The van der Waals surface area contributed by atoms with E-state index < -0.39 is 26.3 Å². The summed E-state index contributed by atoms with van der Waals surface area (Å²) in [7, 11) is 1.92. The average Bonchev–Trinajstić information content (AvgIpc) is 1.78. The number of thioether (sulfide) groups is 2. The first-order chi connectivity index (χ1) is 40.9. The number of thiol groups is 2. The number of amides is 2. The van der Waals surface area contributed by atoms with Crippen molar-refractivity contribution in [3.63, 3.8) is 0 Å². The number of hydrogen-bond acceptors (Lipinski definition) is 23. The third-order valence-corrected chi connectivity index (χ3v) is 16.7. The first kappa shape index (κ1) is 72.4. The van der Waals surface area contributed by atoms with Gasteiger partial charge in [-0.25, -0.2) is 18.8 Å². The van der Waals surface area contributed by atoms with Gasteiger partial charge in [-0.3, -0.25) is 24.4 Å². The molecule has 0 spiro atoms. The van der Waals surface area contributed by atoms with E-state index in [9.17, 15) is 29.4 Å². The largest absolute Gasteiger partial charge is 0.400 e. The molecule has 85 heavy (non-hydrogen) atoms. The second-order valence-electron chi connectivity index (χ2n) is 18.6. The van der Waals surface area contributed by atoms with Crippen LogP contribution in [0.4, 0.5) is 0 Å². The van der Waals surface area contributed by atoms with Crippen LogP contribution in [0.1, 0.15) is 40.5 Å². The minimum absolute atomic E-state index is 0.0160. The molecular weight excluding hydrogens is 1230 g/mol. The molecule has 34 heteroatoms. The first-order valence-corrected chi connectivity index (χ1v) is 32.5. The molecule has 0 fully saturated rings. The fourth-order valence-corrected chi connectivity index (χ4v) is 10.6. The molecule has 2 unspecified atom stereocenters. The maximum absolute atomic E-state index is 13.5. The van der Waals surface area contributed by atoms with Gasteiger partial charge in [0.25, 0.3) is 11.1 Å². The quantitative estimate of drug-likeness (QED) is 0.00815. The molecule has 0 saturated heterocycles. The molecule has 6 aromatic heterocycles. The molecule has 0 bridgehead atoms. The summed E-state index contributed by atoms with van der Waals surface area (Å²) >= 11 is 10.1. The van der Waals surface area contributed by atoms with Crippen molar-refractivity contribution >= 4 is 109 Å². The number of aromatic amines is 2. The van der Waals surface area contributed by atoms with Gasteiger partial charge in [0.05, 0.1) is 68.1 Å². The normalized spacial score (nSPS) is 12.1. The van der Waals surface area contributed by atoms with Crippen molar-refractivity contribution in [2.45, 2.75) is 75.1 Å². The van der Waals surface area contributed by atoms with E-state index in [1.165, 1.54) is 23.0 Å². The molecular formula is C51H75N12O16P2S4+. The average molecular weight is 1300 g/mol. The number of fused-ring (bicyclic) bond motifs is 4. The number of aliphatic hydroxyl groups excluding tert-OH is 5. The van der Waals surface area contributed by atoms with Crippen LogP contribution in [0, 0.1) is 0 Å². The summed E-state index contributed by atoms with van der Waals surface area (Å²) in [6, 6.07) is 19.2. The summed E-state index contributed by atoms with van der Waals surface area (Å²) in [4.78, 5) is 77.9. The lowest BCUT2D eigenvalue weighted by Gasteiger charge is -2.30. The number of nitrogens with zero attached hydrogens (tertiary/aromatic N) is 8. The zero-order valence-corrected chi connectivity index (χ0v) is 53.1. The number of carbonyl (C=O) groups is 2. The van der Waals surface area contributed by atoms with Crippen molar-refractivity contribution < 1.29 is 68.5 Å². The van der Waals surface area contributed by atoms with Crippen LogP contribution in [-0.4, -0.2) is 192 Å². The number of aliphatic hydroxyl groups is 5. The van der Waals surface area contributed by atoms with Gasteiger partial charge in [-0.05, 0) is 51.7 Å². The zero-order valence-electron chi connectivity index (χ0n) is 47.9. The van der Waals surface area contributed by atoms with Crippen LogP contribution in [0.3, 0.4) is 0 Å². The van der Waals surface area contributed by atoms with E-state index in [-0.39, 0.29) is 85.0 Å². The molecule has 0 aliphatic heterocycles. The van der Waals surface area contributed by atoms with Gasteiger partial charge < -0.3 is 78.1 Å². The van der Waals surface area contributed by atoms with Gasteiger partial charge in [0.15, 0.2) is 32.6 Å². The van der Waals surface area contributed by atoms with Crippen molar-refractivity contribution in [3.05, 3.63) is 93.8 Å². The van der Waals surface area contributed by atoms with Gasteiger partial charge >= 0.3 is 0 Å². The second-order valence-corrected chi connectivity index (χ2v) is 24.6. The monoisotopic (exact) mass is 1300 g/mol. The van der Waals surface area contributed by atoms with Gasteiger partial charge in [-0.2, -0.15) is 9.97 Å². The van der Waals surface area contributed by atoms with Gasteiger partial charge in [0, 0.05) is 65.5 Å². The lowest BCUT2D eigenvalue weighted by molar-refractivity contribution is -0.176. The standard InChI is InChI=1S/C44H50N12O7S2.2C3H9O3PS.CH4O.H2O2/c1-43(2,52-32(60)26-65-42-49-34-36(54(42)19-21-58)51-40-47-30(24-56(40)38(34)62)28-13-9-6-10-14-28)16-22-63-44(3,4)15-17-45-31(59)25-64-41-48-33-35(53(41)18-20-57)50-39-46-29(23-55(39)37(33)61)27-11-7-5-8-12-27;2*1-5-7(8)6-3-2-4;2*1-2/h5-14,23-24,57-58H,15-22,25-26H2,1-4H3,(H,45,59)(H,46,50)(H,47,51)(H,52,60);2*4,8H,2-3H2,1H3;2H,1H3;1-2H/p+1. The molecule has 468 valence electrons. The highest BCUT2D eigenvalue weighted by Gasteiger charge is 2.26. The number of nitrogens with one attached hydrogen (secondary N) is 4. The summed E-state index contributed by atoms with van der Waals surface area (Å²) in [6.07, 6.45) is 4.39. The molecule has 2 atom stereocenters. The van der Waals surface area contributed by atoms with Gasteiger partial charge in [-0.1, -0.05) is 109 Å². The summed E-state index contributed by atoms with van der Waals surface area (Å²) < 4.78 is 31.2. The Morgan fingerprint density at radius 3 is 1.47 bits per heavy atom. The highest BCUT2D eigenvalue weighted by atomic mass is 32.7. The molecule has 0 aliphatic rings. The number of imidazole rings is 4.